The molecular weight excluding hydrogens is 733 g/mol. The first-order valence-corrected chi connectivity index (χ1v) is 7.86. The van der Waals surface area contributed by atoms with Crippen LogP contribution >= 0.6 is 0 Å². The van der Waals surface area contributed by atoms with E-state index in [2.05, 4.69) is 0 Å². The molecular formula is C15H3F18InO6. The van der Waals surface area contributed by atoms with Crippen LogP contribution in [0.2, 0.25) is 0 Å². The van der Waals surface area contributed by atoms with Gasteiger partial charge in [0.05, 0.1) is 0 Å². The third-order valence-corrected chi connectivity index (χ3v) is 2.46. The molecule has 40 heavy (non-hydrogen) atoms. The maximum Gasteiger partial charge on any atom is 3.00 e. The molecule has 0 N–H and O–H groups in total. The number of ketones is 6. The average molecular weight is 736 g/mol. The maximum absolute atomic E-state index is 11.3. The molecule has 0 rings (SSSR count). The molecule has 6 nitrogen and oxygen atoms in total. The van der Waals surface area contributed by atoms with Gasteiger partial charge in [-0.2, -0.15) is 79.0 Å². The molecule has 0 unspecified atom stereocenters. The largest absolute Gasteiger partial charge is 3.00 e. The molecule has 228 valence electrons. The zero-order chi connectivity index (χ0) is 32.6. The Morgan fingerprint density at radius 3 is 0.400 bits per heavy atom. The molecule has 0 aromatic rings. The van der Waals surface area contributed by atoms with Crippen LogP contribution in [0.15, 0.2) is 0 Å². The Morgan fingerprint density at radius 1 is 0.275 bits per heavy atom. The van der Waals surface area contributed by atoms with Crippen LogP contribution in [0.3, 0.4) is 0 Å². The van der Waals surface area contributed by atoms with Gasteiger partial charge in [-0.05, 0) is 0 Å². The van der Waals surface area contributed by atoms with Gasteiger partial charge in [0.15, 0.2) is 0 Å². The van der Waals surface area contributed by atoms with Gasteiger partial charge in [0.1, 0.15) is 34.7 Å². The van der Waals surface area contributed by atoms with Gasteiger partial charge in [-0.3, -0.25) is 0 Å². The zero-order valence-electron chi connectivity index (χ0n) is 17.6. The minimum atomic E-state index is -5.46. The number of carbonyl (C=O) groups excluding carboxylic acids is 6. The van der Waals surface area contributed by atoms with Crippen molar-refractivity contribution >= 4 is 60.5 Å². The van der Waals surface area contributed by atoms with E-state index < -0.39 is 91.0 Å². The number of Topliss-reactive ketones (excluding diaryl/α,β-unsaturated/α-hetero) is 6. The van der Waals surface area contributed by atoms with Crippen molar-refractivity contribution in [3.8, 4) is 0 Å². The predicted molar refractivity (Wildman–Crippen MR) is 85.0 cm³/mol. The summed E-state index contributed by atoms with van der Waals surface area (Å²) in [6.45, 7) is 0. The third-order valence-electron chi connectivity index (χ3n) is 2.46. The van der Waals surface area contributed by atoms with Crippen molar-refractivity contribution < 1.29 is 108 Å². The minimum Gasteiger partial charge on any atom is -0.324 e. The Morgan fingerprint density at radius 2 is 0.350 bits per heavy atom. The zero-order valence-corrected chi connectivity index (χ0v) is 20.9. The Kier molecular flexibility index (Phi) is 16.9. The van der Waals surface area contributed by atoms with E-state index in [0.717, 1.165) is 0 Å². The molecule has 0 saturated carbocycles. The molecule has 0 aliphatic rings. The summed E-state index contributed by atoms with van der Waals surface area (Å²) in [5, 5.41) is 0. The van der Waals surface area contributed by atoms with E-state index in [-0.39, 0.29) is 25.8 Å². The average Bonchev–Trinajstić information content (AvgIpc) is 2.64. The molecule has 0 aromatic carbocycles. The fraction of sp³-hybridized carbons (Fsp3) is 0.400. The van der Waals surface area contributed by atoms with Gasteiger partial charge in [-0.1, -0.05) is 0 Å². The smallest absolute Gasteiger partial charge is 0.324 e. The van der Waals surface area contributed by atoms with Crippen LogP contribution in [0.1, 0.15) is 0 Å². The molecule has 0 radical (unpaired) electrons. The van der Waals surface area contributed by atoms with Crippen LogP contribution in [0.4, 0.5) is 79.0 Å². The third kappa shape index (κ3) is 20.2. The monoisotopic (exact) mass is 736 g/mol. The molecule has 25 heteroatoms. The molecule has 0 saturated heterocycles. The van der Waals surface area contributed by atoms with Crippen molar-refractivity contribution in [3.05, 3.63) is 19.3 Å². The van der Waals surface area contributed by atoms with Gasteiger partial charge >= 0.3 is 62.9 Å². The Balaban J connectivity index is -0.000000240. The van der Waals surface area contributed by atoms with Crippen molar-refractivity contribution in [2.45, 2.75) is 37.1 Å². The summed E-state index contributed by atoms with van der Waals surface area (Å²) in [6, 6.07) is 0. The van der Waals surface area contributed by atoms with E-state index in [9.17, 15) is 108 Å². The number of hydrogen-bond donors (Lipinski definition) is 0. The standard InChI is InChI=1S/3C5HF6O2.In/c3*6-4(7,8)2(12)1-3(13)5(9,10)11;/h3*1H;/q3*-1;+3. The Bertz CT molecular complexity index is 726. The SMILES string of the molecule is O=C([CH-]C(=O)C(F)(F)F)C(F)(F)F.O=C([CH-]C(=O)C(F)(F)F)C(F)(F)F.O=C([CH-]C(=O)C(F)(F)F)C(F)(F)F.[In+3]. The van der Waals surface area contributed by atoms with E-state index >= 15 is 0 Å². The van der Waals surface area contributed by atoms with Crippen LogP contribution < -0.4 is 0 Å². The Labute approximate surface area is 225 Å². The van der Waals surface area contributed by atoms with Gasteiger partial charge in [-0.15, -0.1) is 0 Å². The summed E-state index contributed by atoms with van der Waals surface area (Å²) in [4.78, 5) is 58.9. The molecule has 0 atom stereocenters. The summed E-state index contributed by atoms with van der Waals surface area (Å²) in [5.41, 5.74) is 0. The number of rotatable bonds is 6. The molecule has 0 aliphatic carbocycles. The van der Waals surface area contributed by atoms with E-state index in [1.54, 1.807) is 0 Å². The van der Waals surface area contributed by atoms with E-state index in [1.807, 2.05) is 0 Å². The first-order chi connectivity index (χ1) is 16.6. The van der Waals surface area contributed by atoms with E-state index in [1.165, 1.54) is 0 Å². The Hall–Kier alpha value is -2.76. The molecule has 0 aromatic heterocycles. The predicted octanol–water partition coefficient (Wildman–Crippen LogP) is 3.98. The number of carbonyl (C=O) groups is 6. The summed E-state index contributed by atoms with van der Waals surface area (Å²) < 4.78 is 203. The van der Waals surface area contributed by atoms with Crippen molar-refractivity contribution in [1.29, 1.82) is 0 Å². The second-order valence-corrected chi connectivity index (χ2v) is 5.61. The van der Waals surface area contributed by atoms with E-state index in [0.29, 0.717) is 0 Å². The summed E-state index contributed by atoms with van der Waals surface area (Å²) in [6.07, 6.45) is -35.8. The summed E-state index contributed by atoms with van der Waals surface area (Å²) >= 11 is 0. The van der Waals surface area contributed by atoms with E-state index in [4.69, 9.17) is 0 Å². The molecule has 0 heterocycles. The van der Waals surface area contributed by atoms with Crippen LogP contribution in [0.25, 0.3) is 0 Å². The number of hydrogen-bond acceptors (Lipinski definition) is 6. The van der Waals surface area contributed by atoms with Crippen LogP contribution in [-0.2, 0) is 28.8 Å². The second-order valence-electron chi connectivity index (χ2n) is 5.61. The van der Waals surface area contributed by atoms with Gasteiger partial charge in [0.25, 0.3) is 0 Å². The minimum absolute atomic E-state index is 0. The second kappa shape index (κ2) is 15.3. The number of halogens is 18. The van der Waals surface area contributed by atoms with Crippen molar-refractivity contribution in [2.24, 2.45) is 0 Å². The first kappa shape index (κ1) is 44.3. The maximum atomic E-state index is 11.3. The molecule has 0 aliphatic heterocycles. The van der Waals surface area contributed by atoms with Crippen molar-refractivity contribution in [3.63, 3.8) is 0 Å². The summed E-state index contributed by atoms with van der Waals surface area (Å²) in [5.74, 6) is -16.9. The van der Waals surface area contributed by atoms with Crippen LogP contribution in [-0.4, -0.2) is 97.6 Å². The van der Waals surface area contributed by atoms with Gasteiger partial charge in [-0.25, -0.2) is 19.3 Å². The van der Waals surface area contributed by atoms with Crippen LogP contribution in [0, 0.1) is 19.3 Å². The van der Waals surface area contributed by atoms with Gasteiger partial charge < -0.3 is 28.8 Å². The quantitative estimate of drug-likeness (QED) is 0.233. The fourth-order valence-corrected chi connectivity index (χ4v) is 0.848. The van der Waals surface area contributed by atoms with Gasteiger partial charge in [0, 0.05) is 0 Å². The van der Waals surface area contributed by atoms with Crippen LogP contribution in [0.5, 0.6) is 0 Å². The fourth-order valence-electron chi connectivity index (χ4n) is 0.848. The molecule has 0 fully saturated rings. The molecule has 0 bridgehead atoms. The topological polar surface area (TPSA) is 102 Å². The first-order valence-electron chi connectivity index (χ1n) is 7.86. The summed E-state index contributed by atoms with van der Waals surface area (Å²) in [7, 11) is 0. The molecule has 0 spiro atoms. The van der Waals surface area contributed by atoms with Gasteiger partial charge in [0.2, 0.25) is 0 Å². The number of alkyl halides is 18. The molecule has 0 amide bonds. The van der Waals surface area contributed by atoms with Crippen molar-refractivity contribution in [2.75, 3.05) is 0 Å². The normalized spacial score (nSPS) is 12.2. The van der Waals surface area contributed by atoms with Crippen molar-refractivity contribution in [1.82, 2.24) is 0 Å².